The summed E-state index contributed by atoms with van der Waals surface area (Å²) in [4.78, 5) is 13.4. The van der Waals surface area contributed by atoms with E-state index in [-0.39, 0.29) is 24.9 Å². The maximum absolute atomic E-state index is 11.7. The van der Waals surface area contributed by atoms with Crippen molar-refractivity contribution in [1.29, 1.82) is 0 Å². The van der Waals surface area contributed by atoms with Crippen LogP contribution in [0.15, 0.2) is 0 Å². The third-order valence-electron chi connectivity index (χ3n) is 3.37. The van der Waals surface area contributed by atoms with Crippen molar-refractivity contribution in [3.63, 3.8) is 0 Å². The molecule has 5 nitrogen and oxygen atoms in total. The molecule has 1 saturated heterocycles. The highest BCUT2D eigenvalue weighted by atomic mass is 16.6. The lowest BCUT2D eigenvalue weighted by atomic mass is 9.98. The van der Waals surface area contributed by atoms with Gasteiger partial charge in [0, 0.05) is 0 Å². The molecule has 1 aliphatic heterocycles. The zero-order valence-electron chi connectivity index (χ0n) is 10.1. The monoisotopic (exact) mass is 243 g/mol. The van der Waals surface area contributed by atoms with Crippen molar-refractivity contribution >= 4 is 6.09 Å². The smallest absolute Gasteiger partial charge is 0.410 e. The summed E-state index contributed by atoms with van der Waals surface area (Å²) < 4.78 is 10.7. The van der Waals surface area contributed by atoms with Crippen LogP contribution in [0.2, 0.25) is 0 Å². The zero-order chi connectivity index (χ0) is 12.1. The van der Waals surface area contributed by atoms with Gasteiger partial charge in [0.2, 0.25) is 0 Å². The molecule has 1 saturated carbocycles. The Kier molecular flexibility index (Phi) is 4.62. The predicted octanol–water partition coefficient (Wildman–Crippen LogP) is 1.15. The van der Waals surface area contributed by atoms with Crippen molar-refractivity contribution in [2.24, 2.45) is 0 Å². The second kappa shape index (κ2) is 6.21. The molecular weight excluding hydrogens is 222 g/mol. The van der Waals surface area contributed by atoms with Gasteiger partial charge < -0.3 is 19.5 Å². The number of rotatable bonds is 4. The van der Waals surface area contributed by atoms with E-state index in [1.807, 2.05) is 0 Å². The molecule has 5 heteroatoms. The molecule has 0 unspecified atom stereocenters. The minimum Gasteiger partial charge on any atom is -0.446 e. The topological polar surface area (TPSA) is 59.0 Å². The van der Waals surface area contributed by atoms with Crippen LogP contribution < -0.4 is 0 Å². The summed E-state index contributed by atoms with van der Waals surface area (Å²) in [6, 6.07) is 0. The Morgan fingerprint density at radius 1 is 1.18 bits per heavy atom. The van der Waals surface area contributed by atoms with Crippen molar-refractivity contribution < 1.29 is 19.4 Å². The zero-order valence-corrected chi connectivity index (χ0v) is 10.1. The molecular formula is C12H21NO4. The van der Waals surface area contributed by atoms with E-state index in [0.29, 0.717) is 19.7 Å². The number of amides is 1. The van der Waals surface area contributed by atoms with E-state index in [2.05, 4.69) is 0 Å². The maximum Gasteiger partial charge on any atom is 0.410 e. The number of nitrogens with zero attached hydrogens (tertiary/aromatic N) is 1. The fourth-order valence-electron chi connectivity index (χ4n) is 2.31. The van der Waals surface area contributed by atoms with Gasteiger partial charge in [-0.05, 0) is 25.7 Å². The molecule has 1 amide bonds. The van der Waals surface area contributed by atoms with Crippen LogP contribution in [0.25, 0.3) is 0 Å². The fraction of sp³-hybridized carbons (Fsp3) is 0.917. The largest absolute Gasteiger partial charge is 0.446 e. The number of carbonyl (C=O) groups excluding carboxylic acids is 1. The average Bonchev–Trinajstić information content (AvgIpc) is 2.28. The van der Waals surface area contributed by atoms with Crippen molar-refractivity contribution in [3.8, 4) is 0 Å². The van der Waals surface area contributed by atoms with Crippen LogP contribution >= 0.6 is 0 Å². The van der Waals surface area contributed by atoms with Crippen LogP contribution in [0.3, 0.4) is 0 Å². The number of ether oxygens (including phenoxy) is 2. The Morgan fingerprint density at radius 3 is 2.53 bits per heavy atom. The van der Waals surface area contributed by atoms with Gasteiger partial charge in [-0.15, -0.1) is 0 Å². The summed E-state index contributed by atoms with van der Waals surface area (Å²) in [6.45, 7) is 1.55. The number of hydrogen-bond donors (Lipinski definition) is 1. The average molecular weight is 243 g/mol. The molecule has 0 spiro atoms. The summed E-state index contributed by atoms with van der Waals surface area (Å²) in [5.74, 6) is 0. The van der Waals surface area contributed by atoms with Gasteiger partial charge in [0.1, 0.15) is 6.10 Å². The summed E-state index contributed by atoms with van der Waals surface area (Å²) in [7, 11) is 0. The van der Waals surface area contributed by atoms with Crippen molar-refractivity contribution in [2.45, 2.75) is 44.3 Å². The van der Waals surface area contributed by atoms with Crippen molar-refractivity contribution in [1.82, 2.24) is 4.90 Å². The van der Waals surface area contributed by atoms with Crippen LogP contribution in [-0.2, 0) is 9.47 Å². The van der Waals surface area contributed by atoms with Crippen molar-refractivity contribution in [2.75, 3.05) is 26.3 Å². The van der Waals surface area contributed by atoms with E-state index in [9.17, 15) is 4.79 Å². The minimum atomic E-state index is -0.208. The first-order valence-corrected chi connectivity index (χ1v) is 6.47. The van der Waals surface area contributed by atoms with Gasteiger partial charge in [-0.1, -0.05) is 6.42 Å². The lowest BCUT2D eigenvalue weighted by Crippen LogP contribution is -2.55. The number of carbonyl (C=O) groups is 1. The van der Waals surface area contributed by atoms with E-state index >= 15 is 0 Å². The molecule has 17 heavy (non-hydrogen) atoms. The van der Waals surface area contributed by atoms with E-state index in [0.717, 1.165) is 12.8 Å². The lowest BCUT2D eigenvalue weighted by Gasteiger charge is -2.38. The Hall–Kier alpha value is -0.810. The molecule has 1 N–H and O–H groups in total. The Labute approximate surface area is 102 Å². The number of aliphatic hydroxyl groups excluding tert-OH is 1. The molecule has 1 heterocycles. The van der Waals surface area contributed by atoms with Gasteiger partial charge >= 0.3 is 6.09 Å². The normalized spacial score (nSPS) is 22.3. The molecule has 0 aromatic rings. The number of aliphatic hydroxyl groups is 1. The Bertz CT molecular complexity index is 247. The lowest BCUT2D eigenvalue weighted by molar-refractivity contribution is -0.0647. The van der Waals surface area contributed by atoms with Crippen LogP contribution in [0.4, 0.5) is 4.79 Å². The third kappa shape index (κ3) is 3.57. The molecule has 1 aliphatic carbocycles. The minimum absolute atomic E-state index is 0.0308. The Morgan fingerprint density at radius 2 is 1.88 bits per heavy atom. The SMILES string of the molecule is O=C(OC1CCCCC1)N1CC(OCCO)C1. The first kappa shape index (κ1) is 12.6. The van der Waals surface area contributed by atoms with Gasteiger partial charge in [0.25, 0.3) is 0 Å². The van der Waals surface area contributed by atoms with Gasteiger partial charge in [0.05, 0.1) is 32.4 Å². The van der Waals surface area contributed by atoms with Crippen LogP contribution in [0.1, 0.15) is 32.1 Å². The maximum atomic E-state index is 11.7. The highest BCUT2D eigenvalue weighted by Gasteiger charge is 2.33. The van der Waals surface area contributed by atoms with Gasteiger partial charge in [-0.3, -0.25) is 0 Å². The van der Waals surface area contributed by atoms with E-state index in [4.69, 9.17) is 14.6 Å². The molecule has 0 radical (unpaired) electrons. The standard InChI is InChI=1S/C12H21NO4/c14-6-7-16-11-8-13(9-11)12(15)17-10-4-2-1-3-5-10/h10-11,14H,1-9H2. The predicted molar refractivity (Wildman–Crippen MR) is 61.8 cm³/mol. The highest BCUT2D eigenvalue weighted by Crippen LogP contribution is 2.22. The van der Waals surface area contributed by atoms with Crippen LogP contribution in [0, 0.1) is 0 Å². The summed E-state index contributed by atoms with van der Waals surface area (Å²) in [5.41, 5.74) is 0. The second-order valence-electron chi connectivity index (χ2n) is 4.77. The van der Waals surface area contributed by atoms with Gasteiger partial charge in [-0.25, -0.2) is 4.79 Å². The molecule has 2 aliphatic rings. The highest BCUT2D eigenvalue weighted by molar-refractivity contribution is 5.69. The van der Waals surface area contributed by atoms with E-state index < -0.39 is 0 Å². The molecule has 0 aromatic carbocycles. The first-order valence-electron chi connectivity index (χ1n) is 6.47. The quantitative estimate of drug-likeness (QED) is 0.804. The van der Waals surface area contributed by atoms with Crippen molar-refractivity contribution in [3.05, 3.63) is 0 Å². The van der Waals surface area contributed by atoms with Crippen LogP contribution in [0.5, 0.6) is 0 Å². The summed E-state index contributed by atoms with van der Waals surface area (Å²) >= 11 is 0. The third-order valence-corrected chi connectivity index (χ3v) is 3.37. The van der Waals surface area contributed by atoms with Gasteiger partial charge in [0.15, 0.2) is 0 Å². The molecule has 98 valence electrons. The molecule has 0 aromatic heterocycles. The van der Waals surface area contributed by atoms with E-state index in [1.54, 1.807) is 4.90 Å². The number of hydrogen-bond acceptors (Lipinski definition) is 4. The summed E-state index contributed by atoms with van der Waals surface area (Å²) in [5, 5.41) is 8.60. The van der Waals surface area contributed by atoms with Gasteiger partial charge in [-0.2, -0.15) is 0 Å². The number of likely N-dealkylation sites (tertiary alicyclic amines) is 1. The molecule has 0 atom stereocenters. The molecule has 2 rings (SSSR count). The molecule has 0 bridgehead atoms. The first-order chi connectivity index (χ1) is 8.29. The van der Waals surface area contributed by atoms with E-state index in [1.165, 1.54) is 19.3 Å². The summed E-state index contributed by atoms with van der Waals surface area (Å²) in [6.07, 6.45) is 5.58. The second-order valence-corrected chi connectivity index (χ2v) is 4.77. The fourth-order valence-corrected chi connectivity index (χ4v) is 2.31. The van der Waals surface area contributed by atoms with Crippen LogP contribution in [-0.4, -0.2) is 54.6 Å². The molecule has 2 fully saturated rings. The Balaban J connectivity index is 1.61.